The SMILES string of the molecule is CC(C)(C)NC(=O)Cn1c(-c2cccc(Cl)c2)nc2ccc(CCCCN3CCCC3)cc2c1=O. The van der Waals surface area contributed by atoms with Crippen LogP contribution in [0.25, 0.3) is 22.3 Å². The maximum atomic E-state index is 13.7. The van der Waals surface area contributed by atoms with Gasteiger partial charge in [0.1, 0.15) is 12.4 Å². The molecule has 1 aliphatic heterocycles. The molecule has 1 fully saturated rings. The maximum absolute atomic E-state index is 13.7. The molecule has 0 aliphatic carbocycles. The summed E-state index contributed by atoms with van der Waals surface area (Å²) in [7, 11) is 0. The molecule has 3 aromatic rings. The summed E-state index contributed by atoms with van der Waals surface area (Å²) in [5.74, 6) is 0.203. The van der Waals surface area contributed by atoms with E-state index in [1.54, 1.807) is 12.1 Å². The van der Waals surface area contributed by atoms with Crippen LogP contribution in [-0.2, 0) is 17.8 Å². The molecule has 0 spiro atoms. The molecular formula is C28H35ClN4O2. The smallest absolute Gasteiger partial charge is 0.262 e. The van der Waals surface area contributed by atoms with E-state index in [0.717, 1.165) is 31.4 Å². The number of aromatic nitrogens is 2. The Hall–Kier alpha value is -2.70. The van der Waals surface area contributed by atoms with Crippen molar-refractivity contribution >= 4 is 28.4 Å². The van der Waals surface area contributed by atoms with Crippen LogP contribution in [0.1, 0.15) is 52.0 Å². The van der Waals surface area contributed by atoms with E-state index in [2.05, 4.69) is 16.3 Å². The first-order valence-electron chi connectivity index (χ1n) is 12.5. The van der Waals surface area contributed by atoms with Gasteiger partial charge in [-0.25, -0.2) is 4.98 Å². The molecule has 1 aromatic heterocycles. The predicted octanol–water partition coefficient (Wildman–Crippen LogP) is 5.05. The van der Waals surface area contributed by atoms with Gasteiger partial charge in [-0.1, -0.05) is 29.8 Å². The van der Waals surface area contributed by atoms with Crippen LogP contribution in [0.2, 0.25) is 5.02 Å². The van der Waals surface area contributed by atoms with Crippen LogP contribution in [0.4, 0.5) is 0 Å². The lowest BCUT2D eigenvalue weighted by molar-refractivity contribution is -0.123. The zero-order valence-corrected chi connectivity index (χ0v) is 21.7. The molecule has 2 aromatic carbocycles. The van der Waals surface area contributed by atoms with Gasteiger partial charge in [0.25, 0.3) is 5.56 Å². The minimum absolute atomic E-state index is 0.110. The summed E-state index contributed by atoms with van der Waals surface area (Å²) in [6, 6.07) is 13.1. The fourth-order valence-corrected chi connectivity index (χ4v) is 4.88. The van der Waals surface area contributed by atoms with E-state index in [1.165, 1.54) is 30.5 Å². The van der Waals surface area contributed by atoms with Crippen molar-refractivity contribution in [3.05, 3.63) is 63.4 Å². The van der Waals surface area contributed by atoms with Gasteiger partial charge >= 0.3 is 0 Å². The third-order valence-corrected chi connectivity index (χ3v) is 6.54. The predicted molar refractivity (Wildman–Crippen MR) is 143 cm³/mol. The lowest BCUT2D eigenvalue weighted by Crippen LogP contribution is -2.43. The summed E-state index contributed by atoms with van der Waals surface area (Å²) < 4.78 is 1.46. The van der Waals surface area contributed by atoms with Gasteiger partial charge in [0, 0.05) is 16.1 Å². The van der Waals surface area contributed by atoms with Crippen molar-refractivity contribution in [2.75, 3.05) is 19.6 Å². The molecule has 0 atom stereocenters. The van der Waals surface area contributed by atoms with Crippen LogP contribution in [0, 0.1) is 0 Å². The Kier molecular flexibility index (Phi) is 7.92. The summed E-state index contributed by atoms with van der Waals surface area (Å²) in [6.45, 7) is 9.23. The Bertz CT molecular complexity index is 1260. The van der Waals surface area contributed by atoms with Crippen LogP contribution in [-0.4, -0.2) is 45.5 Å². The number of nitrogens with one attached hydrogen (secondary N) is 1. The molecule has 35 heavy (non-hydrogen) atoms. The minimum Gasteiger partial charge on any atom is -0.350 e. The number of unbranched alkanes of at least 4 members (excludes halogenated alkanes) is 1. The van der Waals surface area contributed by atoms with Crippen LogP contribution in [0.5, 0.6) is 0 Å². The standard InChI is InChI=1S/C28H35ClN4O2/c1-28(2,3)31-25(34)19-33-26(21-10-8-11-22(29)18-21)30-24-13-12-20(17-23(24)27(33)35)9-4-5-14-32-15-6-7-16-32/h8,10-13,17-18H,4-7,9,14-16,19H2,1-3H3,(H,31,34). The molecule has 6 nitrogen and oxygen atoms in total. The first-order chi connectivity index (χ1) is 16.7. The second-order valence-corrected chi connectivity index (χ2v) is 10.9. The van der Waals surface area contributed by atoms with Crippen molar-refractivity contribution in [3.8, 4) is 11.4 Å². The van der Waals surface area contributed by atoms with Gasteiger partial charge in [-0.3, -0.25) is 14.2 Å². The number of nitrogens with zero attached hydrogens (tertiary/aromatic N) is 3. The highest BCUT2D eigenvalue weighted by atomic mass is 35.5. The molecule has 186 valence electrons. The van der Waals surface area contributed by atoms with Crippen molar-refractivity contribution < 1.29 is 4.79 Å². The van der Waals surface area contributed by atoms with Gasteiger partial charge in [0.05, 0.1) is 10.9 Å². The summed E-state index contributed by atoms with van der Waals surface area (Å²) >= 11 is 6.22. The molecule has 1 aliphatic rings. The van der Waals surface area contributed by atoms with Crippen molar-refractivity contribution in [1.82, 2.24) is 19.8 Å². The van der Waals surface area contributed by atoms with Gasteiger partial charge < -0.3 is 10.2 Å². The molecular weight excluding hydrogens is 460 g/mol. The monoisotopic (exact) mass is 494 g/mol. The maximum Gasteiger partial charge on any atom is 0.262 e. The number of aryl methyl sites for hydroxylation is 1. The fraction of sp³-hybridized carbons (Fsp3) is 0.464. The third kappa shape index (κ3) is 6.71. The van der Waals surface area contributed by atoms with Crippen molar-refractivity contribution in [2.24, 2.45) is 0 Å². The van der Waals surface area contributed by atoms with Gasteiger partial charge in [0.15, 0.2) is 0 Å². The lowest BCUT2D eigenvalue weighted by Gasteiger charge is -2.21. The molecule has 1 amide bonds. The van der Waals surface area contributed by atoms with Gasteiger partial charge in [-0.05, 0) is 102 Å². The number of fused-ring (bicyclic) bond motifs is 1. The summed E-state index contributed by atoms with van der Waals surface area (Å²) in [4.78, 5) is 33.8. The van der Waals surface area contributed by atoms with Crippen molar-refractivity contribution in [3.63, 3.8) is 0 Å². The number of rotatable bonds is 8. The fourth-order valence-electron chi connectivity index (χ4n) is 4.69. The molecule has 1 saturated heterocycles. The largest absolute Gasteiger partial charge is 0.350 e. The van der Waals surface area contributed by atoms with Crippen LogP contribution >= 0.6 is 11.6 Å². The quantitative estimate of drug-likeness (QED) is 0.445. The number of amides is 1. The highest BCUT2D eigenvalue weighted by Gasteiger charge is 2.19. The molecule has 0 bridgehead atoms. The zero-order valence-electron chi connectivity index (χ0n) is 20.9. The molecule has 7 heteroatoms. The molecule has 0 saturated carbocycles. The Morgan fingerprint density at radius 1 is 1.09 bits per heavy atom. The van der Waals surface area contributed by atoms with E-state index in [-0.39, 0.29) is 18.0 Å². The third-order valence-electron chi connectivity index (χ3n) is 6.31. The number of carbonyl (C=O) groups is 1. The summed E-state index contributed by atoms with van der Waals surface area (Å²) in [5.41, 5.74) is 1.83. The average molecular weight is 495 g/mol. The van der Waals surface area contributed by atoms with Crippen LogP contribution in [0.15, 0.2) is 47.3 Å². The first-order valence-corrected chi connectivity index (χ1v) is 12.9. The molecule has 4 rings (SSSR count). The molecule has 0 unspecified atom stereocenters. The lowest BCUT2D eigenvalue weighted by atomic mass is 10.1. The zero-order chi connectivity index (χ0) is 25.0. The highest BCUT2D eigenvalue weighted by molar-refractivity contribution is 6.30. The number of carbonyl (C=O) groups excluding carboxylic acids is 1. The van der Waals surface area contributed by atoms with Crippen LogP contribution in [0.3, 0.4) is 0 Å². The van der Waals surface area contributed by atoms with E-state index in [1.807, 2.05) is 45.0 Å². The van der Waals surface area contributed by atoms with Crippen LogP contribution < -0.4 is 10.9 Å². The van der Waals surface area contributed by atoms with Crippen molar-refractivity contribution in [2.45, 2.75) is 65.0 Å². The van der Waals surface area contributed by atoms with E-state index < -0.39 is 5.54 Å². The first kappa shape index (κ1) is 25.4. The number of hydrogen-bond donors (Lipinski definition) is 1. The van der Waals surface area contributed by atoms with E-state index >= 15 is 0 Å². The topological polar surface area (TPSA) is 67.2 Å². The van der Waals surface area contributed by atoms with E-state index in [9.17, 15) is 9.59 Å². The molecule has 1 N–H and O–H groups in total. The second-order valence-electron chi connectivity index (χ2n) is 10.5. The second kappa shape index (κ2) is 10.9. The van der Waals surface area contributed by atoms with Gasteiger partial charge in [0.2, 0.25) is 5.91 Å². The number of likely N-dealkylation sites (tertiary alicyclic amines) is 1. The van der Waals surface area contributed by atoms with Crippen molar-refractivity contribution in [1.29, 1.82) is 0 Å². The average Bonchev–Trinajstić information content (AvgIpc) is 3.31. The summed E-state index contributed by atoms with van der Waals surface area (Å²) in [6.07, 6.45) is 5.78. The van der Waals surface area contributed by atoms with E-state index in [4.69, 9.17) is 16.6 Å². The summed E-state index contributed by atoms with van der Waals surface area (Å²) in [5, 5.41) is 4.03. The Labute approximate surface area is 212 Å². The minimum atomic E-state index is -0.399. The number of benzene rings is 2. The number of hydrogen-bond acceptors (Lipinski definition) is 4. The Balaban J connectivity index is 1.64. The Morgan fingerprint density at radius 3 is 2.57 bits per heavy atom. The highest BCUT2D eigenvalue weighted by Crippen LogP contribution is 2.23. The van der Waals surface area contributed by atoms with Gasteiger partial charge in [-0.15, -0.1) is 0 Å². The van der Waals surface area contributed by atoms with E-state index in [0.29, 0.717) is 27.3 Å². The normalized spacial score (nSPS) is 14.5. The molecule has 0 radical (unpaired) electrons. The van der Waals surface area contributed by atoms with Gasteiger partial charge in [-0.2, -0.15) is 0 Å². The molecule has 2 heterocycles. The number of halogens is 1. The Morgan fingerprint density at radius 2 is 1.86 bits per heavy atom.